The minimum atomic E-state index is -0.464. The van der Waals surface area contributed by atoms with Gasteiger partial charge in [-0.2, -0.15) is 11.3 Å². The molecule has 4 nitrogen and oxygen atoms in total. The van der Waals surface area contributed by atoms with Crippen molar-refractivity contribution in [2.75, 3.05) is 33.9 Å². The van der Waals surface area contributed by atoms with E-state index in [9.17, 15) is 5.11 Å². The van der Waals surface area contributed by atoms with Crippen LogP contribution in [0.3, 0.4) is 0 Å². The van der Waals surface area contributed by atoms with Crippen molar-refractivity contribution in [2.24, 2.45) is 0 Å². The summed E-state index contributed by atoms with van der Waals surface area (Å²) in [5, 5.41) is 13.9. The highest BCUT2D eigenvalue weighted by Gasteiger charge is 2.44. The number of thiophene rings is 1. The summed E-state index contributed by atoms with van der Waals surface area (Å²) in [5.41, 5.74) is 0.984. The van der Waals surface area contributed by atoms with Gasteiger partial charge in [-0.25, -0.2) is 0 Å². The lowest BCUT2D eigenvalue weighted by atomic mass is 10.1. The van der Waals surface area contributed by atoms with E-state index in [2.05, 4.69) is 4.90 Å². The van der Waals surface area contributed by atoms with Crippen LogP contribution in [0.5, 0.6) is 0 Å². The van der Waals surface area contributed by atoms with Crippen molar-refractivity contribution in [2.45, 2.75) is 11.9 Å². The topological polar surface area (TPSA) is 41.9 Å². The van der Waals surface area contributed by atoms with Gasteiger partial charge in [0.15, 0.2) is 5.79 Å². The highest BCUT2D eigenvalue weighted by molar-refractivity contribution is 7.07. The number of rotatable bonds is 5. The third-order valence-electron chi connectivity index (χ3n) is 3.03. The van der Waals surface area contributed by atoms with Crippen LogP contribution in [0.25, 0.3) is 0 Å². The van der Waals surface area contributed by atoms with Gasteiger partial charge in [-0.1, -0.05) is 0 Å². The van der Waals surface area contributed by atoms with Gasteiger partial charge >= 0.3 is 0 Å². The average Bonchev–Trinajstić information content (AvgIpc) is 2.76. The predicted octanol–water partition coefficient (Wildman–Crippen LogP) is 1.09. The van der Waals surface area contributed by atoms with Gasteiger partial charge in [0.25, 0.3) is 0 Å². The maximum atomic E-state index is 9.94. The molecular formula is C11H17NO3S. The number of nitrogens with zero attached hydrogens (tertiary/aromatic N) is 1. The van der Waals surface area contributed by atoms with E-state index in [-0.39, 0.29) is 0 Å². The maximum Gasteiger partial charge on any atom is 0.193 e. The first-order valence-corrected chi connectivity index (χ1v) is 6.16. The van der Waals surface area contributed by atoms with Crippen molar-refractivity contribution in [1.29, 1.82) is 0 Å². The van der Waals surface area contributed by atoms with Crippen LogP contribution in [-0.2, 0) is 9.47 Å². The number of methoxy groups -OCH3 is 2. The Bertz CT molecular complexity index is 316. The zero-order chi connectivity index (χ0) is 11.6. The molecule has 1 N–H and O–H groups in total. The summed E-state index contributed by atoms with van der Waals surface area (Å²) in [6.07, 6.45) is -0.419. The molecule has 2 heterocycles. The van der Waals surface area contributed by atoms with Gasteiger partial charge < -0.3 is 14.6 Å². The van der Waals surface area contributed by atoms with Gasteiger partial charge in [-0.3, -0.25) is 4.90 Å². The van der Waals surface area contributed by atoms with Gasteiger partial charge in [-0.15, -0.1) is 0 Å². The summed E-state index contributed by atoms with van der Waals surface area (Å²) in [6.45, 7) is 2.05. The maximum absolute atomic E-state index is 9.94. The molecule has 1 unspecified atom stereocenters. The molecule has 2 rings (SSSR count). The molecule has 16 heavy (non-hydrogen) atoms. The zero-order valence-corrected chi connectivity index (χ0v) is 10.4. The van der Waals surface area contributed by atoms with Crippen molar-refractivity contribution < 1.29 is 14.6 Å². The molecule has 90 valence electrons. The van der Waals surface area contributed by atoms with Crippen LogP contribution in [0.4, 0.5) is 0 Å². The Morgan fingerprint density at radius 2 is 2.19 bits per heavy atom. The summed E-state index contributed by atoms with van der Waals surface area (Å²) in [4.78, 5) is 2.12. The van der Waals surface area contributed by atoms with E-state index in [1.165, 1.54) is 0 Å². The van der Waals surface area contributed by atoms with Crippen LogP contribution >= 0.6 is 11.3 Å². The third-order valence-corrected chi connectivity index (χ3v) is 3.73. The molecule has 1 atom stereocenters. The average molecular weight is 243 g/mol. The number of hydrogen-bond acceptors (Lipinski definition) is 5. The van der Waals surface area contributed by atoms with Gasteiger partial charge in [0.2, 0.25) is 0 Å². The van der Waals surface area contributed by atoms with E-state index in [1.54, 1.807) is 25.6 Å². The van der Waals surface area contributed by atoms with Gasteiger partial charge in [0.1, 0.15) is 0 Å². The van der Waals surface area contributed by atoms with Gasteiger partial charge in [0, 0.05) is 20.8 Å². The summed E-state index contributed by atoms with van der Waals surface area (Å²) >= 11 is 1.60. The Kier molecular flexibility index (Phi) is 3.61. The molecule has 0 spiro atoms. The van der Waals surface area contributed by atoms with E-state index < -0.39 is 11.9 Å². The Morgan fingerprint density at radius 1 is 1.50 bits per heavy atom. The van der Waals surface area contributed by atoms with E-state index in [4.69, 9.17) is 9.47 Å². The predicted molar refractivity (Wildman–Crippen MR) is 62.5 cm³/mol. The second kappa shape index (κ2) is 4.81. The van der Waals surface area contributed by atoms with Gasteiger partial charge in [-0.05, 0) is 22.4 Å². The molecule has 0 bridgehead atoms. The largest absolute Gasteiger partial charge is 0.387 e. The molecule has 5 heteroatoms. The molecule has 1 aliphatic rings. The Labute approximate surface area is 99.4 Å². The number of ether oxygens (including phenoxy) is 2. The molecule has 0 amide bonds. The van der Waals surface area contributed by atoms with E-state index in [1.807, 2.05) is 16.8 Å². The normalized spacial score (nSPS) is 21.7. The van der Waals surface area contributed by atoms with E-state index >= 15 is 0 Å². The number of likely N-dealkylation sites (tertiary alicyclic amines) is 1. The second-order valence-corrected chi connectivity index (χ2v) is 4.84. The van der Waals surface area contributed by atoms with Crippen LogP contribution in [0.1, 0.15) is 11.7 Å². The smallest absolute Gasteiger partial charge is 0.193 e. The SMILES string of the molecule is COC1(OC)CN(CC(O)c2ccsc2)C1. The molecule has 1 fully saturated rings. The fourth-order valence-corrected chi connectivity index (χ4v) is 2.63. The monoisotopic (exact) mass is 243 g/mol. The zero-order valence-electron chi connectivity index (χ0n) is 9.55. The lowest BCUT2D eigenvalue weighted by Gasteiger charge is -2.48. The van der Waals surface area contributed by atoms with Gasteiger partial charge in [0.05, 0.1) is 19.2 Å². The summed E-state index contributed by atoms with van der Waals surface area (Å²) < 4.78 is 10.6. The highest BCUT2D eigenvalue weighted by atomic mass is 32.1. The first-order valence-electron chi connectivity index (χ1n) is 5.22. The Hall–Kier alpha value is -0.460. The number of aliphatic hydroxyl groups is 1. The molecule has 0 aromatic carbocycles. The minimum Gasteiger partial charge on any atom is -0.387 e. The number of hydrogen-bond donors (Lipinski definition) is 1. The molecule has 0 aliphatic carbocycles. The van der Waals surface area contributed by atoms with Crippen LogP contribution in [0.15, 0.2) is 16.8 Å². The minimum absolute atomic E-state index is 0.419. The van der Waals surface area contributed by atoms with E-state index in [0.717, 1.165) is 5.56 Å². The van der Waals surface area contributed by atoms with Crippen LogP contribution in [-0.4, -0.2) is 49.6 Å². The fraction of sp³-hybridized carbons (Fsp3) is 0.636. The Balaban J connectivity index is 1.81. The second-order valence-electron chi connectivity index (χ2n) is 4.06. The van der Waals surface area contributed by atoms with Crippen molar-refractivity contribution in [1.82, 2.24) is 4.90 Å². The van der Waals surface area contributed by atoms with Crippen LogP contribution in [0.2, 0.25) is 0 Å². The lowest BCUT2D eigenvalue weighted by Crippen LogP contribution is -2.64. The van der Waals surface area contributed by atoms with Crippen molar-refractivity contribution >= 4 is 11.3 Å². The molecular weight excluding hydrogens is 226 g/mol. The molecule has 0 saturated carbocycles. The molecule has 1 aliphatic heterocycles. The summed E-state index contributed by atoms with van der Waals surface area (Å²) in [6, 6.07) is 1.95. The number of aliphatic hydroxyl groups excluding tert-OH is 1. The first-order chi connectivity index (χ1) is 7.69. The fourth-order valence-electron chi connectivity index (χ4n) is 1.92. The van der Waals surface area contributed by atoms with Crippen LogP contribution < -0.4 is 0 Å². The van der Waals surface area contributed by atoms with Crippen LogP contribution in [0, 0.1) is 0 Å². The number of β-amino-alcohol motifs (C(OH)–C–C–N with tert-alkyl or cyclic N) is 1. The summed E-state index contributed by atoms with van der Waals surface area (Å²) in [5.74, 6) is -0.464. The highest BCUT2D eigenvalue weighted by Crippen LogP contribution is 2.27. The molecule has 1 aromatic heterocycles. The molecule has 0 radical (unpaired) electrons. The molecule has 1 aromatic rings. The quantitative estimate of drug-likeness (QED) is 0.786. The Morgan fingerprint density at radius 3 is 2.69 bits per heavy atom. The van der Waals surface area contributed by atoms with E-state index in [0.29, 0.717) is 19.6 Å². The van der Waals surface area contributed by atoms with Crippen molar-refractivity contribution in [3.05, 3.63) is 22.4 Å². The first kappa shape index (κ1) is 12.0. The van der Waals surface area contributed by atoms with Crippen molar-refractivity contribution in [3.63, 3.8) is 0 Å². The summed E-state index contributed by atoms with van der Waals surface area (Å²) in [7, 11) is 3.30. The lowest BCUT2D eigenvalue weighted by molar-refractivity contribution is -0.277. The van der Waals surface area contributed by atoms with Crippen molar-refractivity contribution in [3.8, 4) is 0 Å². The third kappa shape index (κ3) is 2.28. The standard InChI is InChI=1S/C11H17NO3S/c1-14-11(15-2)7-12(8-11)5-10(13)9-3-4-16-6-9/h3-4,6,10,13H,5,7-8H2,1-2H3. The molecule has 1 saturated heterocycles.